The number of unbranched alkanes of at least 4 members (excludes halogenated alkanes) is 1. The van der Waals surface area contributed by atoms with Crippen molar-refractivity contribution in [2.75, 3.05) is 6.61 Å². The van der Waals surface area contributed by atoms with Crippen molar-refractivity contribution in [3.63, 3.8) is 0 Å². The average molecular weight is 314 g/mol. The van der Waals surface area contributed by atoms with Gasteiger partial charge in [-0.15, -0.1) is 0 Å². The van der Waals surface area contributed by atoms with E-state index in [1.54, 1.807) is 0 Å². The molecular weight excluding hydrogens is 290 g/mol. The monoisotopic (exact) mass is 313 g/mol. The van der Waals surface area contributed by atoms with Gasteiger partial charge in [0.25, 0.3) is 0 Å². The Morgan fingerprint density at radius 1 is 1.33 bits per heavy atom. The largest absolute Gasteiger partial charge is 0.493 e. The summed E-state index contributed by atoms with van der Waals surface area (Å²) in [5.74, 6) is 1.59. The van der Waals surface area contributed by atoms with Crippen LogP contribution in [-0.4, -0.2) is 6.61 Å². The fraction of sp³-hybridized carbons (Fsp3) is 0.600. The molecule has 0 aromatic heterocycles. The molecule has 1 atom stereocenters. The third-order valence-electron chi connectivity index (χ3n) is 3.27. The molecule has 0 saturated carbocycles. The van der Waals surface area contributed by atoms with Crippen molar-refractivity contribution >= 4 is 15.9 Å². The summed E-state index contributed by atoms with van der Waals surface area (Å²) in [5.41, 5.74) is 6.77. The van der Waals surface area contributed by atoms with Gasteiger partial charge >= 0.3 is 0 Å². The van der Waals surface area contributed by atoms with Crippen LogP contribution in [0.25, 0.3) is 0 Å². The molecule has 2 N–H and O–H groups in total. The lowest BCUT2D eigenvalue weighted by molar-refractivity contribution is 0.233. The molecule has 0 fully saturated rings. The van der Waals surface area contributed by atoms with Crippen LogP contribution < -0.4 is 10.5 Å². The first-order valence-corrected chi connectivity index (χ1v) is 7.61. The summed E-state index contributed by atoms with van der Waals surface area (Å²) in [5, 5.41) is 0. The van der Waals surface area contributed by atoms with Crippen LogP contribution in [0.2, 0.25) is 0 Å². The predicted octanol–water partition coefficient (Wildman–Crippen LogP) is 4.50. The maximum atomic E-state index is 5.88. The molecular formula is C15H24BrNO. The van der Waals surface area contributed by atoms with Gasteiger partial charge in [-0.05, 0) is 36.1 Å². The van der Waals surface area contributed by atoms with E-state index in [-0.39, 0.29) is 0 Å². The molecule has 1 aromatic carbocycles. The molecule has 102 valence electrons. The van der Waals surface area contributed by atoms with E-state index in [2.05, 4.69) is 29.8 Å². The Bertz CT molecular complexity index is 354. The smallest absolute Gasteiger partial charge is 0.119 e. The summed E-state index contributed by atoms with van der Waals surface area (Å²) in [4.78, 5) is 0. The highest BCUT2D eigenvalue weighted by molar-refractivity contribution is 9.10. The topological polar surface area (TPSA) is 35.2 Å². The molecule has 0 amide bonds. The van der Waals surface area contributed by atoms with Crippen LogP contribution in [-0.2, 0) is 6.54 Å². The van der Waals surface area contributed by atoms with Crippen molar-refractivity contribution < 1.29 is 4.74 Å². The van der Waals surface area contributed by atoms with E-state index in [0.717, 1.165) is 22.4 Å². The van der Waals surface area contributed by atoms with Gasteiger partial charge in [-0.25, -0.2) is 0 Å². The van der Waals surface area contributed by atoms with E-state index in [1.807, 2.05) is 18.2 Å². The van der Waals surface area contributed by atoms with Crippen molar-refractivity contribution in [3.8, 4) is 5.75 Å². The summed E-state index contributed by atoms with van der Waals surface area (Å²) < 4.78 is 6.93. The van der Waals surface area contributed by atoms with Crippen LogP contribution in [0.4, 0.5) is 0 Å². The standard InChI is InChI=1S/C15H24BrNO/c1-3-5-6-12(4-2)11-18-14-7-8-15(16)13(9-14)10-17/h7-9,12H,3-6,10-11,17H2,1-2H3. The van der Waals surface area contributed by atoms with E-state index in [9.17, 15) is 0 Å². The first-order valence-electron chi connectivity index (χ1n) is 6.82. The maximum Gasteiger partial charge on any atom is 0.119 e. The van der Waals surface area contributed by atoms with Gasteiger partial charge in [-0.1, -0.05) is 49.0 Å². The van der Waals surface area contributed by atoms with Gasteiger partial charge in [-0.3, -0.25) is 0 Å². The molecule has 0 bridgehead atoms. The quantitative estimate of drug-likeness (QED) is 0.766. The van der Waals surface area contributed by atoms with Gasteiger partial charge in [-0.2, -0.15) is 0 Å². The minimum absolute atomic E-state index is 0.533. The van der Waals surface area contributed by atoms with Crippen molar-refractivity contribution in [1.82, 2.24) is 0 Å². The van der Waals surface area contributed by atoms with Gasteiger partial charge in [0.15, 0.2) is 0 Å². The maximum absolute atomic E-state index is 5.88. The van der Waals surface area contributed by atoms with E-state index in [4.69, 9.17) is 10.5 Å². The Hall–Kier alpha value is -0.540. The second-order valence-electron chi connectivity index (χ2n) is 4.68. The van der Waals surface area contributed by atoms with Crippen molar-refractivity contribution in [2.45, 2.75) is 46.1 Å². The summed E-state index contributed by atoms with van der Waals surface area (Å²) >= 11 is 3.48. The van der Waals surface area contributed by atoms with Gasteiger partial charge in [0, 0.05) is 11.0 Å². The number of benzene rings is 1. The number of nitrogens with two attached hydrogens (primary N) is 1. The number of halogens is 1. The first kappa shape index (κ1) is 15.5. The third-order valence-corrected chi connectivity index (χ3v) is 4.04. The van der Waals surface area contributed by atoms with Gasteiger partial charge in [0.05, 0.1) is 6.61 Å². The highest BCUT2D eigenvalue weighted by Crippen LogP contribution is 2.23. The average Bonchev–Trinajstić information content (AvgIpc) is 2.40. The molecule has 1 unspecified atom stereocenters. The molecule has 0 aliphatic heterocycles. The minimum Gasteiger partial charge on any atom is -0.493 e. The van der Waals surface area contributed by atoms with Crippen LogP contribution in [0.15, 0.2) is 22.7 Å². The van der Waals surface area contributed by atoms with Gasteiger partial charge < -0.3 is 10.5 Å². The number of ether oxygens (including phenoxy) is 1. The Labute approximate surface area is 119 Å². The zero-order valence-electron chi connectivity index (χ0n) is 11.4. The fourth-order valence-electron chi connectivity index (χ4n) is 1.91. The lowest BCUT2D eigenvalue weighted by Gasteiger charge is -2.16. The predicted molar refractivity (Wildman–Crippen MR) is 80.8 cm³/mol. The molecule has 1 rings (SSSR count). The first-order chi connectivity index (χ1) is 8.71. The summed E-state index contributed by atoms with van der Waals surface area (Å²) in [7, 11) is 0. The van der Waals surface area contributed by atoms with Gasteiger partial charge in [0.2, 0.25) is 0 Å². The third kappa shape index (κ3) is 4.99. The van der Waals surface area contributed by atoms with E-state index in [0.29, 0.717) is 12.5 Å². The van der Waals surface area contributed by atoms with E-state index in [1.165, 1.54) is 25.7 Å². The highest BCUT2D eigenvalue weighted by atomic mass is 79.9. The molecule has 0 aliphatic carbocycles. The Morgan fingerprint density at radius 2 is 2.11 bits per heavy atom. The summed E-state index contributed by atoms with van der Waals surface area (Å²) in [6.45, 7) is 5.80. The van der Waals surface area contributed by atoms with Crippen molar-refractivity contribution in [3.05, 3.63) is 28.2 Å². The number of rotatable bonds is 8. The van der Waals surface area contributed by atoms with Crippen LogP contribution in [0.5, 0.6) is 5.75 Å². The molecule has 2 nitrogen and oxygen atoms in total. The zero-order valence-corrected chi connectivity index (χ0v) is 13.0. The number of hydrogen-bond acceptors (Lipinski definition) is 2. The molecule has 3 heteroatoms. The SMILES string of the molecule is CCCCC(CC)COc1ccc(Br)c(CN)c1. The highest BCUT2D eigenvalue weighted by Gasteiger charge is 2.07. The number of hydrogen-bond donors (Lipinski definition) is 1. The van der Waals surface area contributed by atoms with E-state index >= 15 is 0 Å². The fourth-order valence-corrected chi connectivity index (χ4v) is 2.32. The van der Waals surface area contributed by atoms with E-state index < -0.39 is 0 Å². The van der Waals surface area contributed by atoms with Crippen LogP contribution in [0, 0.1) is 5.92 Å². The normalized spacial score (nSPS) is 12.4. The molecule has 0 spiro atoms. The zero-order chi connectivity index (χ0) is 13.4. The molecule has 0 saturated heterocycles. The minimum atomic E-state index is 0.533. The van der Waals surface area contributed by atoms with Crippen LogP contribution in [0.3, 0.4) is 0 Å². The molecule has 0 heterocycles. The van der Waals surface area contributed by atoms with Gasteiger partial charge in [0.1, 0.15) is 5.75 Å². The van der Waals surface area contributed by atoms with Crippen molar-refractivity contribution in [1.29, 1.82) is 0 Å². The Balaban J connectivity index is 2.51. The summed E-state index contributed by atoms with van der Waals surface area (Å²) in [6, 6.07) is 6.02. The van der Waals surface area contributed by atoms with Crippen molar-refractivity contribution in [2.24, 2.45) is 11.7 Å². The van der Waals surface area contributed by atoms with Crippen LogP contribution in [0.1, 0.15) is 45.1 Å². The molecule has 0 radical (unpaired) electrons. The molecule has 1 aromatic rings. The Kier molecular flexibility index (Phi) is 7.36. The lowest BCUT2D eigenvalue weighted by atomic mass is 10.0. The second-order valence-corrected chi connectivity index (χ2v) is 5.54. The second kappa shape index (κ2) is 8.54. The van der Waals surface area contributed by atoms with Crippen LogP contribution >= 0.6 is 15.9 Å². The molecule has 18 heavy (non-hydrogen) atoms. The Morgan fingerprint density at radius 3 is 2.72 bits per heavy atom. The molecule has 0 aliphatic rings. The summed E-state index contributed by atoms with van der Waals surface area (Å²) in [6.07, 6.45) is 4.98. The lowest BCUT2D eigenvalue weighted by Crippen LogP contribution is -2.11.